The fraction of sp³-hybridized carbons (Fsp3) is 0.500. The monoisotopic (exact) mass is 388 g/mol. The van der Waals surface area contributed by atoms with Crippen LogP contribution in [0.3, 0.4) is 0 Å². The molecule has 8 nitrogen and oxygen atoms in total. The summed E-state index contributed by atoms with van der Waals surface area (Å²) in [6.07, 6.45) is 7.37. The molecule has 5 rings (SSSR count). The highest BCUT2D eigenvalue weighted by atomic mass is 35.5. The minimum absolute atomic E-state index is 0.222. The smallest absolute Gasteiger partial charge is 0.271 e. The largest absolute Gasteiger partial charge is 0.368 e. The molecule has 4 aliphatic rings. The van der Waals surface area contributed by atoms with Crippen molar-refractivity contribution in [1.82, 2.24) is 25.1 Å². The number of hydrogen-bond acceptors (Lipinski definition) is 7. The Morgan fingerprint density at radius 2 is 2.11 bits per heavy atom. The second-order valence-corrected chi connectivity index (χ2v) is 8.11. The third kappa shape index (κ3) is 2.47. The van der Waals surface area contributed by atoms with E-state index < -0.39 is 11.9 Å². The van der Waals surface area contributed by atoms with Crippen molar-refractivity contribution in [1.29, 1.82) is 0 Å². The number of aliphatic hydroxyl groups is 1. The van der Waals surface area contributed by atoms with Crippen molar-refractivity contribution in [2.24, 2.45) is 0 Å². The Labute approximate surface area is 161 Å². The minimum Gasteiger partial charge on any atom is -0.368 e. The molecule has 1 spiro atoms. The van der Waals surface area contributed by atoms with E-state index in [1.165, 1.54) is 6.33 Å². The fourth-order valence-corrected chi connectivity index (χ4v) is 5.30. The molecule has 4 aliphatic heterocycles. The third-order valence-electron chi connectivity index (χ3n) is 6.28. The number of amides is 1. The molecule has 5 heterocycles. The zero-order valence-electron chi connectivity index (χ0n) is 14.9. The van der Waals surface area contributed by atoms with Crippen LogP contribution in [0.5, 0.6) is 0 Å². The van der Waals surface area contributed by atoms with Gasteiger partial charge in [-0.25, -0.2) is 9.97 Å². The van der Waals surface area contributed by atoms with Crippen LogP contribution in [-0.4, -0.2) is 61.8 Å². The number of halogens is 1. The molecule has 9 heteroatoms. The average molecular weight is 389 g/mol. The van der Waals surface area contributed by atoms with Gasteiger partial charge in [0.25, 0.3) is 5.91 Å². The number of fused-ring (bicyclic) bond motifs is 4. The van der Waals surface area contributed by atoms with E-state index in [1.54, 1.807) is 23.2 Å². The van der Waals surface area contributed by atoms with Crippen molar-refractivity contribution in [2.75, 3.05) is 12.4 Å². The van der Waals surface area contributed by atoms with Crippen molar-refractivity contribution in [3.05, 3.63) is 41.1 Å². The van der Waals surface area contributed by atoms with Gasteiger partial charge in [0.1, 0.15) is 23.5 Å². The first-order chi connectivity index (χ1) is 13.0. The quantitative estimate of drug-likeness (QED) is 0.694. The number of aromatic nitrogens is 2. The summed E-state index contributed by atoms with van der Waals surface area (Å²) in [7, 11) is 2.14. The fourth-order valence-electron chi connectivity index (χ4n) is 5.01. The van der Waals surface area contributed by atoms with Crippen molar-refractivity contribution in [3.8, 4) is 0 Å². The van der Waals surface area contributed by atoms with E-state index >= 15 is 0 Å². The van der Waals surface area contributed by atoms with E-state index in [0.717, 1.165) is 25.7 Å². The lowest BCUT2D eigenvalue weighted by Crippen LogP contribution is -2.63. The number of carbonyl (C=O) groups excluding carboxylic acids is 1. The van der Waals surface area contributed by atoms with Crippen LogP contribution < -0.4 is 10.6 Å². The first kappa shape index (κ1) is 17.0. The normalized spacial score (nSPS) is 35.4. The van der Waals surface area contributed by atoms with Gasteiger partial charge in [0, 0.05) is 31.1 Å². The summed E-state index contributed by atoms with van der Waals surface area (Å²) in [5.74, 6) is 0.333. The lowest BCUT2D eigenvalue weighted by atomic mass is 9.89. The topological polar surface area (TPSA) is 93.6 Å². The number of nitrogens with zero attached hydrogens (tertiary/aromatic N) is 4. The molecule has 3 saturated heterocycles. The Hall–Kier alpha value is -2.16. The molecule has 0 radical (unpaired) electrons. The lowest BCUT2D eigenvalue weighted by molar-refractivity contribution is -0.117. The standard InChI is InChI=1S/C18H21ClN6O2/c1-24-10-2-3-11(24)8-18(7-10)23-16(26)15-12(19)6-13(17(27)25(15)18)22-14-4-5-20-9-21-14/h4-6,9-11,17,27H,2-3,7-8H2,1H3,(H,23,26)(H,20,21,22). The maximum absolute atomic E-state index is 12.7. The minimum atomic E-state index is -1.01. The molecule has 0 saturated carbocycles. The Balaban J connectivity index is 1.52. The zero-order valence-corrected chi connectivity index (χ0v) is 15.6. The molecule has 3 N–H and O–H groups in total. The SMILES string of the molecule is CN1C2CCC1CC1(C2)NC(=O)C2=C(Cl)C=C(Nc3ccncn3)C(O)N21. The van der Waals surface area contributed by atoms with E-state index in [4.69, 9.17) is 11.6 Å². The van der Waals surface area contributed by atoms with E-state index in [1.807, 2.05) is 0 Å². The van der Waals surface area contributed by atoms with Crippen molar-refractivity contribution < 1.29 is 9.90 Å². The number of carbonyl (C=O) groups is 1. The summed E-state index contributed by atoms with van der Waals surface area (Å²) in [6, 6.07) is 2.48. The maximum Gasteiger partial charge on any atom is 0.271 e. The molecule has 1 amide bonds. The number of rotatable bonds is 2. The molecule has 142 valence electrons. The van der Waals surface area contributed by atoms with E-state index in [-0.39, 0.29) is 5.91 Å². The van der Waals surface area contributed by atoms with E-state index in [2.05, 4.69) is 32.5 Å². The summed E-state index contributed by atoms with van der Waals surface area (Å²) in [5, 5.41) is 17.7. The van der Waals surface area contributed by atoms with Crippen molar-refractivity contribution >= 4 is 23.3 Å². The highest BCUT2D eigenvalue weighted by Crippen LogP contribution is 2.48. The predicted octanol–water partition coefficient (Wildman–Crippen LogP) is 0.939. The molecular weight excluding hydrogens is 368 g/mol. The van der Waals surface area contributed by atoms with E-state index in [0.29, 0.717) is 34.3 Å². The van der Waals surface area contributed by atoms with Crippen LogP contribution in [0.2, 0.25) is 0 Å². The van der Waals surface area contributed by atoms with Gasteiger partial charge in [0.2, 0.25) is 0 Å². The van der Waals surface area contributed by atoms with Crippen LogP contribution in [0.15, 0.2) is 41.1 Å². The van der Waals surface area contributed by atoms with Crippen LogP contribution in [0, 0.1) is 0 Å². The van der Waals surface area contributed by atoms with E-state index in [9.17, 15) is 9.90 Å². The number of nitrogens with one attached hydrogen (secondary N) is 2. The summed E-state index contributed by atoms with van der Waals surface area (Å²) in [5.41, 5.74) is 0.225. The third-order valence-corrected chi connectivity index (χ3v) is 6.57. The second-order valence-electron chi connectivity index (χ2n) is 7.70. The van der Waals surface area contributed by atoms with Crippen LogP contribution in [0.1, 0.15) is 25.7 Å². The number of anilines is 1. The Morgan fingerprint density at radius 1 is 1.37 bits per heavy atom. The molecule has 1 aromatic rings. The molecule has 1 aromatic heterocycles. The van der Waals surface area contributed by atoms with Crippen molar-refractivity contribution in [3.63, 3.8) is 0 Å². The highest BCUT2D eigenvalue weighted by molar-refractivity contribution is 6.33. The van der Waals surface area contributed by atoms with Crippen LogP contribution in [0.25, 0.3) is 0 Å². The summed E-state index contributed by atoms with van der Waals surface area (Å²) in [4.78, 5) is 24.9. The van der Waals surface area contributed by atoms with Crippen molar-refractivity contribution in [2.45, 2.75) is 49.7 Å². The zero-order chi connectivity index (χ0) is 18.8. The molecule has 27 heavy (non-hydrogen) atoms. The maximum atomic E-state index is 12.7. The summed E-state index contributed by atoms with van der Waals surface area (Å²) < 4.78 is 0. The highest BCUT2D eigenvalue weighted by Gasteiger charge is 2.58. The van der Waals surface area contributed by atoms with Gasteiger partial charge in [-0.3, -0.25) is 4.79 Å². The molecule has 3 atom stereocenters. The van der Waals surface area contributed by atoms with Gasteiger partial charge in [-0.05, 0) is 32.0 Å². The predicted molar refractivity (Wildman–Crippen MR) is 99.1 cm³/mol. The van der Waals surface area contributed by atoms with Gasteiger partial charge < -0.3 is 25.5 Å². The molecule has 0 aliphatic carbocycles. The van der Waals surface area contributed by atoms with Crippen LogP contribution in [0.4, 0.5) is 5.82 Å². The first-order valence-corrected chi connectivity index (χ1v) is 9.52. The molecule has 3 fully saturated rings. The van der Waals surface area contributed by atoms with Gasteiger partial charge in [-0.2, -0.15) is 0 Å². The van der Waals surface area contributed by atoms with Gasteiger partial charge >= 0.3 is 0 Å². The Kier molecular flexibility index (Phi) is 3.72. The summed E-state index contributed by atoms with van der Waals surface area (Å²) >= 11 is 6.46. The van der Waals surface area contributed by atoms with Crippen LogP contribution in [-0.2, 0) is 4.79 Å². The molecule has 3 unspecified atom stereocenters. The Morgan fingerprint density at radius 3 is 2.78 bits per heavy atom. The average Bonchev–Trinajstić information content (AvgIpc) is 3.03. The number of piperidine rings is 1. The molecule has 2 bridgehead atoms. The van der Waals surface area contributed by atoms with Gasteiger partial charge in [0.05, 0.1) is 10.7 Å². The number of aliphatic hydroxyl groups excluding tert-OH is 1. The molecule has 0 aromatic carbocycles. The number of allylic oxidation sites excluding steroid dienone is 2. The summed E-state index contributed by atoms with van der Waals surface area (Å²) in [6.45, 7) is 0. The van der Waals surface area contributed by atoms with Crippen LogP contribution >= 0.6 is 11.6 Å². The molecular formula is C18H21ClN6O2. The Bertz CT molecular complexity index is 843. The second kappa shape index (κ2) is 5.92. The first-order valence-electron chi connectivity index (χ1n) is 9.15. The van der Waals surface area contributed by atoms with Gasteiger partial charge in [-0.15, -0.1) is 0 Å². The lowest BCUT2D eigenvalue weighted by Gasteiger charge is -2.50. The van der Waals surface area contributed by atoms with Gasteiger partial charge in [0.15, 0.2) is 6.23 Å². The number of hydrogen-bond donors (Lipinski definition) is 3. The van der Waals surface area contributed by atoms with Gasteiger partial charge in [-0.1, -0.05) is 11.6 Å².